The van der Waals surface area contributed by atoms with Crippen LogP contribution in [0.25, 0.3) is 0 Å². The molecule has 0 atom stereocenters. The smallest absolute Gasteiger partial charge is 0.399 e. The molecule has 1 heterocycles. The minimum absolute atomic E-state index is 0.157. The van der Waals surface area contributed by atoms with E-state index in [2.05, 4.69) is 10.2 Å². The summed E-state index contributed by atoms with van der Waals surface area (Å²) in [6.45, 7) is 7.72. The molecule has 0 aliphatic carbocycles. The Kier molecular flexibility index (Phi) is 4.26. The highest BCUT2D eigenvalue weighted by Crippen LogP contribution is 2.36. The van der Waals surface area contributed by atoms with Crippen LogP contribution in [-0.4, -0.2) is 30.5 Å². The molecule has 0 aromatic heterocycles. The summed E-state index contributed by atoms with van der Waals surface area (Å²) in [7, 11) is -0.693. The van der Waals surface area contributed by atoms with Gasteiger partial charge in [0.15, 0.2) is 0 Å². The van der Waals surface area contributed by atoms with E-state index in [-0.39, 0.29) is 11.8 Å². The van der Waals surface area contributed by atoms with Crippen molar-refractivity contribution in [2.75, 3.05) is 0 Å². The van der Waals surface area contributed by atoms with Crippen molar-refractivity contribution >= 4 is 24.8 Å². The van der Waals surface area contributed by atoms with Crippen LogP contribution < -0.4 is 16.9 Å². The molecule has 2 rings (SSSR count). The summed E-state index contributed by atoms with van der Waals surface area (Å²) >= 11 is 0. The van der Waals surface area contributed by atoms with E-state index in [1.54, 1.807) is 6.07 Å². The van der Waals surface area contributed by atoms with Crippen molar-refractivity contribution in [1.82, 2.24) is 0 Å². The van der Waals surface area contributed by atoms with E-state index in [1.165, 1.54) is 18.3 Å². The summed E-state index contributed by atoms with van der Waals surface area (Å²) in [4.78, 5) is 0. The van der Waals surface area contributed by atoms with Crippen LogP contribution in [-0.2, 0) is 9.31 Å². The molecule has 4 N–H and O–H groups in total. The molecule has 1 saturated heterocycles. The van der Waals surface area contributed by atoms with Gasteiger partial charge in [0.2, 0.25) is 5.96 Å². The summed E-state index contributed by atoms with van der Waals surface area (Å²) in [5.41, 5.74) is 10.6. The molecule has 118 valence electrons. The highest BCUT2D eigenvalue weighted by molar-refractivity contribution is 6.63. The fourth-order valence-corrected chi connectivity index (χ4v) is 2.00. The molecule has 0 saturated carbocycles. The molecule has 0 radical (unpaired) electrons. The van der Waals surface area contributed by atoms with Gasteiger partial charge >= 0.3 is 7.12 Å². The van der Waals surface area contributed by atoms with E-state index in [9.17, 15) is 4.39 Å². The van der Waals surface area contributed by atoms with Gasteiger partial charge in [-0.25, -0.2) is 4.39 Å². The number of hydrogen-bond donors (Lipinski definition) is 2. The average Bonchev–Trinajstić information content (AvgIpc) is 2.59. The van der Waals surface area contributed by atoms with Gasteiger partial charge in [-0.05, 0) is 50.9 Å². The van der Waals surface area contributed by atoms with Crippen LogP contribution in [0.5, 0.6) is 0 Å². The quantitative estimate of drug-likeness (QED) is 0.372. The third kappa shape index (κ3) is 3.28. The minimum atomic E-state index is -0.693. The largest absolute Gasteiger partial charge is 0.495 e. The second-order valence-electron chi connectivity index (χ2n) is 6.13. The van der Waals surface area contributed by atoms with Crippen LogP contribution in [0.3, 0.4) is 0 Å². The van der Waals surface area contributed by atoms with Crippen LogP contribution in [0.15, 0.2) is 28.4 Å². The number of nitrogens with two attached hydrogens (primary N) is 2. The monoisotopic (exact) mass is 306 g/mol. The summed E-state index contributed by atoms with van der Waals surface area (Å²) in [6, 6.07) is 4.26. The van der Waals surface area contributed by atoms with Crippen molar-refractivity contribution < 1.29 is 13.7 Å². The molecule has 1 aromatic carbocycles. The third-order valence-corrected chi connectivity index (χ3v) is 3.93. The molecule has 0 amide bonds. The summed E-state index contributed by atoms with van der Waals surface area (Å²) in [6.07, 6.45) is 1.43. The zero-order valence-electron chi connectivity index (χ0n) is 13.1. The topological polar surface area (TPSA) is 95.2 Å². The van der Waals surface area contributed by atoms with Gasteiger partial charge in [-0.15, -0.1) is 5.10 Å². The molecule has 22 heavy (non-hydrogen) atoms. The first-order chi connectivity index (χ1) is 10.1. The lowest BCUT2D eigenvalue weighted by atomic mass is 9.76. The Balaban J connectivity index is 2.37. The highest BCUT2D eigenvalue weighted by atomic mass is 19.1. The van der Waals surface area contributed by atoms with Crippen LogP contribution in [0, 0.1) is 5.82 Å². The highest BCUT2D eigenvalue weighted by Gasteiger charge is 2.52. The number of halogens is 1. The second-order valence-corrected chi connectivity index (χ2v) is 6.13. The zero-order valence-corrected chi connectivity index (χ0v) is 13.1. The first-order valence-electron chi connectivity index (χ1n) is 6.89. The van der Waals surface area contributed by atoms with Crippen molar-refractivity contribution in [2.45, 2.75) is 38.9 Å². The van der Waals surface area contributed by atoms with Gasteiger partial charge in [-0.1, -0.05) is 6.07 Å². The first kappa shape index (κ1) is 16.4. The maximum atomic E-state index is 13.6. The van der Waals surface area contributed by atoms with Gasteiger partial charge < -0.3 is 20.8 Å². The third-order valence-electron chi connectivity index (χ3n) is 3.93. The molecule has 0 bridgehead atoms. The van der Waals surface area contributed by atoms with Crippen molar-refractivity contribution in [3.63, 3.8) is 0 Å². The molecule has 8 heteroatoms. The van der Waals surface area contributed by atoms with Crippen molar-refractivity contribution in [3.05, 3.63) is 29.6 Å². The van der Waals surface area contributed by atoms with E-state index in [1.807, 2.05) is 27.7 Å². The lowest BCUT2D eigenvalue weighted by Gasteiger charge is -2.32. The lowest BCUT2D eigenvalue weighted by Crippen LogP contribution is -2.41. The van der Waals surface area contributed by atoms with Crippen LogP contribution in [0.2, 0.25) is 0 Å². The maximum Gasteiger partial charge on any atom is 0.495 e. The number of nitrogens with zero attached hydrogens (tertiary/aromatic N) is 2. The molecule has 1 aliphatic heterocycles. The van der Waals surface area contributed by atoms with Gasteiger partial charge in [0.05, 0.1) is 17.4 Å². The van der Waals surface area contributed by atoms with Crippen molar-refractivity contribution in [2.24, 2.45) is 21.7 Å². The lowest BCUT2D eigenvalue weighted by molar-refractivity contribution is 0.00578. The number of benzene rings is 1. The summed E-state index contributed by atoms with van der Waals surface area (Å²) < 4.78 is 25.5. The van der Waals surface area contributed by atoms with Crippen LogP contribution >= 0.6 is 0 Å². The molecule has 6 nitrogen and oxygen atoms in total. The Bertz CT molecular complexity index is 611. The minimum Gasteiger partial charge on any atom is -0.399 e. The Hall–Kier alpha value is -1.93. The van der Waals surface area contributed by atoms with Gasteiger partial charge in [0, 0.05) is 0 Å². The van der Waals surface area contributed by atoms with Gasteiger partial charge in [-0.2, -0.15) is 5.10 Å². The number of hydrogen-bond acceptors (Lipinski definition) is 4. The first-order valence-corrected chi connectivity index (χ1v) is 6.89. The molecule has 1 aliphatic rings. The molecule has 1 fully saturated rings. The SMILES string of the molecule is CC1(C)OB(c2cc(F)ccc2C=NN=C(N)N)OC1(C)C. The number of guanidine groups is 1. The zero-order chi connectivity index (χ0) is 16.5. The van der Waals surface area contributed by atoms with E-state index in [0.717, 1.165) is 0 Å². The average molecular weight is 306 g/mol. The Labute approximate surface area is 129 Å². The van der Waals surface area contributed by atoms with E-state index in [4.69, 9.17) is 20.8 Å². The predicted molar refractivity (Wildman–Crippen MR) is 85.5 cm³/mol. The second kappa shape index (κ2) is 5.70. The summed E-state index contributed by atoms with van der Waals surface area (Å²) in [5.74, 6) is -0.542. The predicted octanol–water partition coefficient (Wildman–Crippen LogP) is 0.732. The Morgan fingerprint density at radius 3 is 2.32 bits per heavy atom. The molecular weight excluding hydrogens is 286 g/mol. The standard InChI is InChI=1S/C14H20BFN4O2/c1-13(2)14(3,4)22-15(21-13)11-7-10(16)6-5-9(11)8-19-20-12(17)18/h5-8H,1-4H3,(H4,17,18,20). The maximum absolute atomic E-state index is 13.6. The normalized spacial score (nSPS) is 19.6. The van der Waals surface area contributed by atoms with Gasteiger partial charge in [0.25, 0.3) is 0 Å². The molecule has 0 spiro atoms. The van der Waals surface area contributed by atoms with Gasteiger partial charge in [0.1, 0.15) is 5.82 Å². The van der Waals surface area contributed by atoms with Crippen molar-refractivity contribution in [3.8, 4) is 0 Å². The number of rotatable bonds is 3. The summed E-state index contributed by atoms with van der Waals surface area (Å²) in [5, 5.41) is 7.29. The van der Waals surface area contributed by atoms with Crippen LogP contribution in [0.1, 0.15) is 33.3 Å². The fraction of sp³-hybridized carbons (Fsp3) is 0.429. The molecule has 0 unspecified atom stereocenters. The van der Waals surface area contributed by atoms with Crippen LogP contribution in [0.4, 0.5) is 4.39 Å². The van der Waals surface area contributed by atoms with E-state index >= 15 is 0 Å². The Morgan fingerprint density at radius 2 is 1.77 bits per heavy atom. The fourth-order valence-electron chi connectivity index (χ4n) is 2.00. The van der Waals surface area contributed by atoms with E-state index < -0.39 is 18.3 Å². The Morgan fingerprint density at radius 1 is 1.18 bits per heavy atom. The molecular formula is C14H20BFN4O2. The molecule has 1 aromatic rings. The van der Waals surface area contributed by atoms with Gasteiger partial charge in [-0.3, -0.25) is 0 Å². The van der Waals surface area contributed by atoms with E-state index in [0.29, 0.717) is 11.0 Å². The van der Waals surface area contributed by atoms with Crippen molar-refractivity contribution in [1.29, 1.82) is 0 Å².